The van der Waals surface area contributed by atoms with Crippen molar-refractivity contribution in [3.05, 3.63) is 75.9 Å². The number of nitrogen functional groups attached to an aromatic ring is 1. The van der Waals surface area contributed by atoms with Gasteiger partial charge in [0.2, 0.25) is 0 Å². The summed E-state index contributed by atoms with van der Waals surface area (Å²) in [6.07, 6.45) is 6.39. The number of nitrogens with two attached hydrogens (primary N) is 1. The van der Waals surface area contributed by atoms with Gasteiger partial charge in [0.05, 0.1) is 0 Å². The molecule has 2 N–H and O–H groups in total. The van der Waals surface area contributed by atoms with Gasteiger partial charge in [0.25, 0.3) is 5.91 Å². The molecule has 188 valence electrons. The minimum Gasteiger partial charge on any atom is -0.485 e. The van der Waals surface area contributed by atoms with Crippen molar-refractivity contribution in [2.45, 2.75) is 38.3 Å². The van der Waals surface area contributed by atoms with Gasteiger partial charge in [-0.1, -0.05) is 41.4 Å². The lowest BCUT2D eigenvalue weighted by atomic mass is 10.0. The smallest absolute Gasteiger partial charge is 0.254 e. The monoisotopic (exact) mass is 524 g/mol. The molecule has 0 bridgehead atoms. The first-order chi connectivity index (χ1) is 17.5. The predicted molar refractivity (Wildman–Crippen MR) is 145 cm³/mol. The topological polar surface area (TPSA) is 71.7 Å². The van der Waals surface area contributed by atoms with Crippen molar-refractivity contribution in [1.82, 2.24) is 14.8 Å². The Kier molecular flexibility index (Phi) is 7.65. The number of rotatable bonds is 7. The lowest BCUT2D eigenvalue weighted by Crippen LogP contribution is -2.42. The third kappa shape index (κ3) is 5.46. The molecule has 2 aromatic carbocycles. The van der Waals surface area contributed by atoms with Crippen LogP contribution in [0.5, 0.6) is 5.75 Å². The number of pyridine rings is 1. The van der Waals surface area contributed by atoms with Gasteiger partial charge in [0.15, 0.2) is 11.6 Å². The summed E-state index contributed by atoms with van der Waals surface area (Å²) in [5, 5.41) is 1.07. The Bertz CT molecular complexity index is 1210. The summed E-state index contributed by atoms with van der Waals surface area (Å²) in [5.74, 6) is 0.844. The highest BCUT2D eigenvalue weighted by Crippen LogP contribution is 2.31. The van der Waals surface area contributed by atoms with E-state index < -0.39 is 0 Å². The van der Waals surface area contributed by atoms with Gasteiger partial charge in [-0.2, -0.15) is 0 Å². The SMILES string of the molecule is Nc1ncc(-c2ccc(C(=O)N3CCC[C@@H]3CN3CCCC3)cc2)cc1OCc1c(Cl)cccc1Cl. The van der Waals surface area contributed by atoms with Crippen LogP contribution >= 0.6 is 23.2 Å². The molecule has 1 aromatic heterocycles. The number of amides is 1. The number of anilines is 1. The summed E-state index contributed by atoms with van der Waals surface area (Å²) in [5.41, 5.74) is 9.23. The zero-order valence-corrected chi connectivity index (χ0v) is 21.6. The summed E-state index contributed by atoms with van der Waals surface area (Å²) < 4.78 is 5.92. The van der Waals surface area contributed by atoms with Crippen LogP contribution in [-0.4, -0.2) is 52.9 Å². The highest BCUT2D eigenvalue weighted by Gasteiger charge is 2.31. The van der Waals surface area contributed by atoms with Crippen LogP contribution in [0.2, 0.25) is 10.0 Å². The maximum atomic E-state index is 13.3. The Morgan fingerprint density at radius 3 is 2.44 bits per heavy atom. The van der Waals surface area contributed by atoms with E-state index in [4.69, 9.17) is 33.7 Å². The minimum atomic E-state index is 0.110. The highest BCUT2D eigenvalue weighted by atomic mass is 35.5. The zero-order valence-electron chi connectivity index (χ0n) is 20.1. The molecule has 36 heavy (non-hydrogen) atoms. The van der Waals surface area contributed by atoms with Crippen molar-refractivity contribution in [3.8, 4) is 16.9 Å². The van der Waals surface area contributed by atoms with Crippen molar-refractivity contribution >= 4 is 34.9 Å². The van der Waals surface area contributed by atoms with Crippen LogP contribution in [0.15, 0.2) is 54.7 Å². The van der Waals surface area contributed by atoms with Crippen molar-refractivity contribution in [1.29, 1.82) is 0 Å². The lowest BCUT2D eigenvalue weighted by molar-refractivity contribution is 0.0709. The van der Waals surface area contributed by atoms with Gasteiger partial charge < -0.3 is 20.3 Å². The standard InChI is InChI=1S/C28H30Cl2N4O2/c29-24-6-3-7-25(30)23(24)18-36-26-15-21(16-32-27(26)31)19-8-10-20(11-9-19)28(35)34-14-4-5-22(34)17-33-12-1-2-13-33/h3,6-11,15-16,22H,1-2,4-5,12-14,17-18H2,(H2,31,32)/t22-/m1/s1. The number of likely N-dealkylation sites (tertiary alicyclic amines) is 2. The number of carbonyl (C=O) groups is 1. The number of benzene rings is 2. The normalized spacial score (nSPS) is 18.1. The van der Waals surface area contributed by atoms with E-state index in [0.717, 1.165) is 50.1 Å². The molecule has 2 aliphatic heterocycles. The van der Waals surface area contributed by atoms with Crippen LogP contribution in [0, 0.1) is 0 Å². The zero-order chi connectivity index (χ0) is 25.1. The second-order valence-electron chi connectivity index (χ2n) is 9.48. The Morgan fingerprint density at radius 1 is 1.00 bits per heavy atom. The van der Waals surface area contributed by atoms with Gasteiger partial charge in [0, 0.05) is 52.1 Å². The van der Waals surface area contributed by atoms with Crippen LogP contribution in [0.25, 0.3) is 11.1 Å². The second-order valence-corrected chi connectivity index (χ2v) is 10.3. The van der Waals surface area contributed by atoms with E-state index in [1.165, 1.54) is 12.8 Å². The second kappa shape index (κ2) is 11.1. The quantitative estimate of drug-likeness (QED) is 0.415. The molecular formula is C28H30Cl2N4O2. The molecule has 2 saturated heterocycles. The van der Waals surface area contributed by atoms with Gasteiger partial charge in [-0.25, -0.2) is 4.98 Å². The summed E-state index contributed by atoms with van der Waals surface area (Å²) in [4.78, 5) is 22.1. The van der Waals surface area contributed by atoms with E-state index in [1.54, 1.807) is 24.4 Å². The number of halogens is 2. The average Bonchev–Trinajstić information content (AvgIpc) is 3.57. The molecule has 2 fully saturated rings. The van der Waals surface area contributed by atoms with E-state index in [-0.39, 0.29) is 18.3 Å². The Labute approximate surface area is 222 Å². The van der Waals surface area contributed by atoms with Crippen LogP contribution in [0.4, 0.5) is 5.82 Å². The largest absolute Gasteiger partial charge is 0.485 e. The molecule has 0 saturated carbocycles. The Hall–Kier alpha value is -2.80. The maximum absolute atomic E-state index is 13.3. The summed E-state index contributed by atoms with van der Waals surface area (Å²) in [6, 6.07) is 15.2. The summed E-state index contributed by atoms with van der Waals surface area (Å²) >= 11 is 12.5. The number of nitrogens with zero attached hydrogens (tertiary/aromatic N) is 3. The average molecular weight is 525 g/mol. The molecule has 1 atom stereocenters. The molecular weight excluding hydrogens is 495 g/mol. The van der Waals surface area contributed by atoms with E-state index in [2.05, 4.69) is 14.8 Å². The maximum Gasteiger partial charge on any atom is 0.254 e. The first-order valence-corrected chi connectivity index (χ1v) is 13.2. The van der Waals surface area contributed by atoms with Crippen LogP contribution in [0.3, 0.4) is 0 Å². The number of ether oxygens (including phenoxy) is 1. The summed E-state index contributed by atoms with van der Waals surface area (Å²) in [6.45, 7) is 4.30. The van der Waals surface area contributed by atoms with Crippen molar-refractivity contribution < 1.29 is 9.53 Å². The Balaban J connectivity index is 1.28. The van der Waals surface area contributed by atoms with Gasteiger partial charge in [-0.3, -0.25) is 4.79 Å². The number of hydrogen-bond acceptors (Lipinski definition) is 5. The predicted octanol–water partition coefficient (Wildman–Crippen LogP) is 5.92. The van der Waals surface area contributed by atoms with E-state index in [0.29, 0.717) is 33.0 Å². The third-order valence-electron chi connectivity index (χ3n) is 7.09. The fraction of sp³-hybridized carbons (Fsp3) is 0.357. The van der Waals surface area contributed by atoms with E-state index in [1.807, 2.05) is 30.3 Å². The van der Waals surface area contributed by atoms with Gasteiger partial charge in [0.1, 0.15) is 6.61 Å². The van der Waals surface area contributed by atoms with Crippen LogP contribution in [0.1, 0.15) is 41.6 Å². The number of aromatic nitrogens is 1. The van der Waals surface area contributed by atoms with Crippen molar-refractivity contribution in [2.75, 3.05) is 31.9 Å². The Morgan fingerprint density at radius 2 is 1.72 bits per heavy atom. The first-order valence-electron chi connectivity index (χ1n) is 12.4. The summed E-state index contributed by atoms with van der Waals surface area (Å²) in [7, 11) is 0. The van der Waals surface area contributed by atoms with Gasteiger partial charge >= 0.3 is 0 Å². The molecule has 8 heteroatoms. The van der Waals surface area contributed by atoms with E-state index in [9.17, 15) is 4.79 Å². The minimum absolute atomic E-state index is 0.110. The number of hydrogen-bond donors (Lipinski definition) is 1. The molecule has 3 aromatic rings. The molecule has 1 amide bonds. The van der Waals surface area contributed by atoms with Gasteiger partial charge in [-0.05, 0) is 74.7 Å². The molecule has 0 unspecified atom stereocenters. The van der Waals surface area contributed by atoms with Crippen molar-refractivity contribution in [2.24, 2.45) is 0 Å². The fourth-order valence-corrected chi connectivity index (χ4v) is 5.58. The molecule has 6 nitrogen and oxygen atoms in total. The first kappa shape index (κ1) is 24.9. The van der Waals surface area contributed by atoms with Crippen LogP contribution in [-0.2, 0) is 6.61 Å². The van der Waals surface area contributed by atoms with Crippen molar-refractivity contribution in [3.63, 3.8) is 0 Å². The molecule has 0 radical (unpaired) electrons. The molecule has 0 aliphatic carbocycles. The van der Waals surface area contributed by atoms with Crippen LogP contribution < -0.4 is 10.5 Å². The van der Waals surface area contributed by atoms with Gasteiger partial charge in [-0.15, -0.1) is 0 Å². The lowest BCUT2D eigenvalue weighted by Gasteiger charge is -2.28. The molecule has 0 spiro atoms. The number of carbonyl (C=O) groups excluding carboxylic acids is 1. The highest BCUT2D eigenvalue weighted by molar-refractivity contribution is 6.35. The van der Waals surface area contributed by atoms with E-state index >= 15 is 0 Å². The fourth-order valence-electron chi connectivity index (χ4n) is 5.08. The molecule has 2 aliphatic rings. The molecule has 5 rings (SSSR count). The third-order valence-corrected chi connectivity index (χ3v) is 7.79. The molecule has 3 heterocycles.